The summed E-state index contributed by atoms with van der Waals surface area (Å²) in [5.74, 6) is 1.07. The van der Waals surface area contributed by atoms with Crippen molar-refractivity contribution in [1.29, 1.82) is 0 Å². The predicted molar refractivity (Wildman–Crippen MR) is 52.7 cm³/mol. The van der Waals surface area contributed by atoms with Gasteiger partial charge in [0.25, 0.3) is 0 Å². The number of carbonyl (C=O) groups is 1. The molecule has 0 spiro atoms. The Morgan fingerprint density at radius 1 is 1.50 bits per heavy atom. The van der Waals surface area contributed by atoms with Gasteiger partial charge in [-0.25, -0.2) is 0 Å². The Morgan fingerprint density at radius 3 is 2.86 bits per heavy atom. The lowest BCUT2D eigenvalue weighted by atomic mass is 10.2. The lowest BCUT2D eigenvalue weighted by Gasteiger charge is -2.04. The molecule has 0 unspecified atom stereocenters. The molecule has 1 aromatic carbocycles. The van der Waals surface area contributed by atoms with Gasteiger partial charge in [-0.05, 0) is 18.2 Å². The minimum Gasteiger partial charge on any atom is -0.497 e. The van der Waals surface area contributed by atoms with Crippen LogP contribution in [-0.4, -0.2) is 13.4 Å². The number of aldehydes is 1. The fourth-order valence-corrected chi connectivity index (χ4v) is 0.958. The molecule has 0 fully saturated rings. The summed E-state index contributed by atoms with van der Waals surface area (Å²) in [5.41, 5.74) is 2.88. The molecule has 0 aliphatic heterocycles. The Kier molecular flexibility index (Phi) is 3.53. The molecule has 0 aliphatic rings. The smallest absolute Gasteiger partial charge is 0.153 e. The fraction of sp³-hybridized carbons (Fsp3) is 0.0909. The van der Waals surface area contributed by atoms with Gasteiger partial charge in [0.2, 0.25) is 0 Å². The lowest BCUT2D eigenvalue weighted by Crippen LogP contribution is -1.91. The molecule has 0 aromatic heterocycles. The highest BCUT2D eigenvalue weighted by Crippen LogP contribution is 2.22. The zero-order chi connectivity index (χ0) is 10.4. The highest BCUT2D eigenvalue weighted by Gasteiger charge is 2.03. The van der Waals surface area contributed by atoms with E-state index in [2.05, 4.69) is 12.3 Å². The van der Waals surface area contributed by atoms with E-state index < -0.39 is 0 Å². The second-order valence-corrected chi connectivity index (χ2v) is 2.46. The lowest BCUT2D eigenvalue weighted by molar-refractivity contribution is 0.112. The molecule has 0 saturated carbocycles. The number of hydrogen-bond donors (Lipinski definition) is 0. The first kappa shape index (κ1) is 10.1. The summed E-state index contributed by atoms with van der Waals surface area (Å²) in [6.45, 7) is 3.35. The van der Waals surface area contributed by atoms with Gasteiger partial charge in [0.15, 0.2) is 6.29 Å². The van der Waals surface area contributed by atoms with Crippen molar-refractivity contribution in [3.63, 3.8) is 0 Å². The number of ether oxygens (including phenoxy) is 2. The van der Waals surface area contributed by atoms with Crippen molar-refractivity contribution in [1.82, 2.24) is 0 Å². The Balaban J connectivity index is 3.04. The van der Waals surface area contributed by atoms with Crippen molar-refractivity contribution >= 4 is 6.29 Å². The topological polar surface area (TPSA) is 35.5 Å². The van der Waals surface area contributed by atoms with E-state index in [0.717, 1.165) is 0 Å². The van der Waals surface area contributed by atoms with Crippen molar-refractivity contribution in [3.05, 3.63) is 42.3 Å². The Hall–Kier alpha value is -1.99. The van der Waals surface area contributed by atoms with E-state index in [1.165, 1.54) is 13.4 Å². The molecule has 3 heteroatoms. The summed E-state index contributed by atoms with van der Waals surface area (Å²) >= 11 is 0. The second kappa shape index (κ2) is 4.90. The molecule has 0 atom stereocenters. The van der Waals surface area contributed by atoms with Crippen molar-refractivity contribution in [3.8, 4) is 11.5 Å². The quantitative estimate of drug-likeness (QED) is 0.414. The summed E-state index contributed by atoms with van der Waals surface area (Å²) in [6, 6.07) is 4.95. The maximum atomic E-state index is 10.7. The molecule has 1 rings (SSSR count). The van der Waals surface area contributed by atoms with Crippen LogP contribution in [0.1, 0.15) is 10.4 Å². The van der Waals surface area contributed by atoms with Crippen LogP contribution in [0.25, 0.3) is 0 Å². The first-order chi connectivity index (χ1) is 6.81. The van der Waals surface area contributed by atoms with Crippen LogP contribution in [-0.2, 0) is 0 Å². The van der Waals surface area contributed by atoms with Crippen molar-refractivity contribution in [2.45, 2.75) is 0 Å². The third-order valence-electron chi connectivity index (χ3n) is 1.61. The van der Waals surface area contributed by atoms with Crippen LogP contribution in [0.15, 0.2) is 36.8 Å². The number of hydrogen-bond acceptors (Lipinski definition) is 3. The Labute approximate surface area is 82.3 Å². The van der Waals surface area contributed by atoms with Crippen LogP contribution in [0.4, 0.5) is 0 Å². The molecule has 0 saturated heterocycles. The van der Waals surface area contributed by atoms with Crippen molar-refractivity contribution in [2.24, 2.45) is 0 Å². The second-order valence-electron chi connectivity index (χ2n) is 2.46. The van der Waals surface area contributed by atoms with Crippen LogP contribution in [0.3, 0.4) is 0 Å². The van der Waals surface area contributed by atoms with Gasteiger partial charge in [-0.1, -0.05) is 12.3 Å². The van der Waals surface area contributed by atoms with Gasteiger partial charge in [0.05, 0.1) is 12.7 Å². The zero-order valence-corrected chi connectivity index (χ0v) is 7.82. The molecule has 3 nitrogen and oxygen atoms in total. The largest absolute Gasteiger partial charge is 0.497 e. The molecule has 0 heterocycles. The molecule has 14 heavy (non-hydrogen) atoms. The van der Waals surface area contributed by atoms with E-state index in [1.807, 2.05) is 0 Å². The average Bonchev–Trinajstić information content (AvgIpc) is 2.26. The van der Waals surface area contributed by atoms with Gasteiger partial charge >= 0.3 is 0 Å². The maximum Gasteiger partial charge on any atom is 0.153 e. The highest BCUT2D eigenvalue weighted by atomic mass is 16.5. The van der Waals surface area contributed by atoms with Crippen LogP contribution < -0.4 is 9.47 Å². The van der Waals surface area contributed by atoms with E-state index >= 15 is 0 Å². The molecule has 72 valence electrons. The van der Waals surface area contributed by atoms with Crippen molar-refractivity contribution in [2.75, 3.05) is 7.11 Å². The summed E-state index contributed by atoms with van der Waals surface area (Å²) < 4.78 is 10.1. The fourth-order valence-electron chi connectivity index (χ4n) is 0.958. The summed E-state index contributed by atoms with van der Waals surface area (Å²) in [7, 11) is 1.54. The maximum absolute atomic E-state index is 10.7. The molecule has 0 N–H and O–H groups in total. The summed E-state index contributed by atoms with van der Waals surface area (Å²) in [5, 5.41) is 0. The normalized spacial score (nSPS) is 8.64. The minimum absolute atomic E-state index is 0.427. The van der Waals surface area contributed by atoms with Crippen LogP contribution in [0.2, 0.25) is 0 Å². The highest BCUT2D eigenvalue weighted by molar-refractivity contribution is 5.80. The Morgan fingerprint density at radius 2 is 2.29 bits per heavy atom. The standard InChI is InChI=1S/C11H10O3/c1-3-6-14-11-5-4-10(13-2)7-9(11)8-12/h4-8H,1H2,2H3. The van der Waals surface area contributed by atoms with Crippen LogP contribution in [0.5, 0.6) is 11.5 Å². The summed E-state index contributed by atoms with van der Waals surface area (Å²) in [4.78, 5) is 10.7. The molecule has 1 aromatic rings. The summed E-state index contributed by atoms with van der Waals surface area (Å²) in [6.07, 6.45) is 1.99. The van der Waals surface area contributed by atoms with E-state index in [9.17, 15) is 4.79 Å². The predicted octanol–water partition coefficient (Wildman–Crippen LogP) is 2.19. The number of benzene rings is 1. The van der Waals surface area contributed by atoms with E-state index in [1.54, 1.807) is 18.2 Å². The number of rotatable bonds is 4. The molecule has 0 bridgehead atoms. The van der Waals surface area contributed by atoms with Gasteiger partial charge in [0.1, 0.15) is 17.8 Å². The monoisotopic (exact) mass is 190 g/mol. The van der Waals surface area contributed by atoms with Gasteiger partial charge in [-0.15, -0.1) is 0 Å². The molecule has 0 radical (unpaired) electrons. The number of methoxy groups -OCH3 is 1. The SMILES string of the molecule is C=C=COc1ccc(OC)cc1C=O. The van der Waals surface area contributed by atoms with E-state index in [-0.39, 0.29) is 0 Å². The molecule has 0 amide bonds. The first-order valence-corrected chi connectivity index (χ1v) is 3.96. The van der Waals surface area contributed by atoms with Gasteiger partial charge < -0.3 is 9.47 Å². The molecular weight excluding hydrogens is 180 g/mol. The Bertz CT molecular complexity index is 376. The van der Waals surface area contributed by atoms with Crippen molar-refractivity contribution < 1.29 is 14.3 Å². The minimum atomic E-state index is 0.427. The molecular formula is C11H10O3. The van der Waals surface area contributed by atoms with Crippen LogP contribution in [0, 0.1) is 0 Å². The average molecular weight is 190 g/mol. The zero-order valence-electron chi connectivity index (χ0n) is 7.82. The van der Waals surface area contributed by atoms with Gasteiger partial charge in [-0.2, -0.15) is 0 Å². The van der Waals surface area contributed by atoms with Gasteiger partial charge in [0, 0.05) is 0 Å². The van der Waals surface area contributed by atoms with E-state index in [4.69, 9.17) is 9.47 Å². The third-order valence-corrected chi connectivity index (χ3v) is 1.61. The number of carbonyl (C=O) groups excluding carboxylic acids is 1. The van der Waals surface area contributed by atoms with E-state index in [0.29, 0.717) is 23.3 Å². The first-order valence-electron chi connectivity index (χ1n) is 3.96. The third kappa shape index (κ3) is 2.25. The van der Waals surface area contributed by atoms with Crippen LogP contribution >= 0.6 is 0 Å². The molecule has 0 aliphatic carbocycles. The van der Waals surface area contributed by atoms with Gasteiger partial charge in [-0.3, -0.25) is 4.79 Å².